The molecule has 0 unspecified atom stereocenters. The molecule has 0 aliphatic rings. The summed E-state index contributed by atoms with van der Waals surface area (Å²) in [5.74, 6) is 0.808. The van der Waals surface area contributed by atoms with Gasteiger partial charge in [0.15, 0.2) is 0 Å². The Morgan fingerprint density at radius 2 is 1.66 bits per heavy atom. The van der Waals surface area contributed by atoms with Gasteiger partial charge in [-0.05, 0) is 42.8 Å². The first-order valence-corrected chi connectivity index (χ1v) is 9.79. The lowest BCUT2D eigenvalue weighted by molar-refractivity contribution is 0.0718. The Hall–Kier alpha value is -3.53. The molecule has 0 aliphatic heterocycles. The molecule has 1 N–H and O–H groups in total. The van der Waals surface area contributed by atoms with E-state index >= 15 is 0 Å². The maximum atomic E-state index is 13.4. The van der Waals surface area contributed by atoms with Gasteiger partial charge in [-0.1, -0.05) is 48.5 Å². The Balaban J connectivity index is 1.85. The molecule has 0 saturated heterocycles. The third-order valence-electron chi connectivity index (χ3n) is 5.28. The van der Waals surface area contributed by atoms with Gasteiger partial charge in [0.05, 0.1) is 13.2 Å². The normalized spacial score (nSPS) is 11.9. The van der Waals surface area contributed by atoms with Gasteiger partial charge < -0.3 is 14.6 Å². The van der Waals surface area contributed by atoms with E-state index in [0.29, 0.717) is 12.1 Å². The lowest BCUT2D eigenvalue weighted by Crippen LogP contribution is -2.35. The molecule has 0 spiro atoms. The molecular weight excluding hydrogens is 360 g/mol. The number of methoxy groups -OCH3 is 1. The van der Waals surface area contributed by atoms with Gasteiger partial charge in [-0.3, -0.25) is 4.79 Å². The Morgan fingerprint density at radius 3 is 2.34 bits per heavy atom. The second-order valence-corrected chi connectivity index (χ2v) is 6.92. The summed E-state index contributed by atoms with van der Waals surface area (Å²) in [5.41, 5.74) is 3.87. The maximum absolute atomic E-state index is 13.4. The summed E-state index contributed by atoms with van der Waals surface area (Å²) in [6.45, 7) is 2.61. The number of ether oxygens (including phenoxy) is 1. The van der Waals surface area contributed by atoms with Crippen molar-refractivity contribution in [2.45, 2.75) is 13.0 Å². The van der Waals surface area contributed by atoms with Crippen molar-refractivity contribution >= 4 is 16.8 Å². The highest BCUT2D eigenvalue weighted by molar-refractivity contribution is 5.95. The number of fused-ring (bicyclic) bond motifs is 1. The summed E-state index contributed by atoms with van der Waals surface area (Å²) < 4.78 is 5.33. The molecule has 146 valence electrons. The number of aromatic amines is 1. The number of nitrogens with zero attached hydrogens (tertiary/aromatic N) is 1. The van der Waals surface area contributed by atoms with E-state index in [-0.39, 0.29) is 11.9 Å². The minimum absolute atomic E-state index is 0.0131. The van der Waals surface area contributed by atoms with E-state index in [2.05, 4.69) is 17.1 Å². The SMILES string of the molecule is CCN(C(=O)c1ccccc1)[C@H](c1ccc(OC)cc1)c1c[nH]c2ccccc12. The summed E-state index contributed by atoms with van der Waals surface area (Å²) in [6.07, 6.45) is 2.01. The quantitative estimate of drug-likeness (QED) is 0.482. The second-order valence-electron chi connectivity index (χ2n) is 6.92. The van der Waals surface area contributed by atoms with Crippen LogP contribution in [0.1, 0.15) is 34.5 Å². The van der Waals surface area contributed by atoms with Crippen LogP contribution in [0.25, 0.3) is 10.9 Å². The highest BCUT2D eigenvalue weighted by atomic mass is 16.5. The number of aromatic nitrogens is 1. The molecular formula is C25H24N2O2. The number of amides is 1. The Bertz CT molecular complexity index is 1100. The monoisotopic (exact) mass is 384 g/mol. The van der Waals surface area contributed by atoms with Gasteiger partial charge in [0, 0.05) is 34.8 Å². The number of H-pyrrole nitrogens is 1. The smallest absolute Gasteiger partial charge is 0.254 e. The minimum atomic E-state index is -0.213. The topological polar surface area (TPSA) is 45.3 Å². The predicted molar refractivity (Wildman–Crippen MR) is 116 cm³/mol. The van der Waals surface area contributed by atoms with E-state index in [1.54, 1.807) is 7.11 Å². The lowest BCUT2D eigenvalue weighted by Gasteiger charge is -2.31. The van der Waals surface area contributed by atoms with Crippen molar-refractivity contribution in [3.63, 3.8) is 0 Å². The first-order valence-electron chi connectivity index (χ1n) is 9.79. The second kappa shape index (κ2) is 8.23. The van der Waals surface area contributed by atoms with Crippen LogP contribution in [-0.4, -0.2) is 29.4 Å². The molecule has 0 fully saturated rings. The standard InChI is InChI=1S/C25H24N2O2/c1-3-27(25(28)19-9-5-4-6-10-19)24(18-13-15-20(29-2)16-14-18)22-17-26-23-12-8-7-11-21(22)23/h4-17,24,26H,3H2,1-2H3/t24-/m1/s1. The zero-order valence-electron chi connectivity index (χ0n) is 16.6. The summed E-state index contributed by atoms with van der Waals surface area (Å²) in [5, 5.41) is 1.12. The summed E-state index contributed by atoms with van der Waals surface area (Å²) in [6, 6.07) is 25.4. The first-order chi connectivity index (χ1) is 14.2. The number of carbonyl (C=O) groups is 1. The van der Waals surface area contributed by atoms with Gasteiger partial charge in [0.1, 0.15) is 5.75 Å². The summed E-state index contributed by atoms with van der Waals surface area (Å²) in [4.78, 5) is 18.7. The van der Waals surface area contributed by atoms with E-state index in [9.17, 15) is 4.79 Å². The van der Waals surface area contributed by atoms with Crippen molar-refractivity contribution < 1.29 is 9.53 Å². The zero-order valence-corrected chi connectivity index (χ0v) is 16.6. The molecule has 1 aromatic heterocycles. The minimum Gasteiger partial charge on any atom is -0.497 e. The van der Waals surface area contributed by atoms with Crippen LogP contribution in [0, 0.1) is 0 Å². The average Bonchev–Trinajstić information content (AvgIpc) is 3.21. The van der Waals surface area contributed by atoms with E-state index in [4.69, 9.17) is 4.74 Å². The molecule has 1 atom stereocenters. The highest BCUT2D eigenvalue weighted by Gasteiger charge is 2.28. The Kier molecular flexibility index (Phi) is 5.34. The molecule has 3 aromatic carbocycles. The fourth-order valence-electron chi connectivity index (χ4n) is 3.82. The number of hydrogen-bond acceptors (Lipinski definition) is 2. The van der Waals surface area contributed by atoms with Gasteiger partial charge in [0.25, 0.3) is 5.91 Å². The van der Waals surface area contributed by atoms with Crippen molar-refractivity contribution in [2.75, 3.05) is 13.7 Å². The third kappa shape index (κ3) is 3.61. The first kappa shape index (κ1) is 18.8. The van der Waals surface area contributed by atoms with Crippen LogP contribution < -0.4 is 4.74 Å². The molecule has 0 saturated carbocycles. The largest absolute Gasteiger partial charge is 0.497 e. The molecule has 4 nitrogen and oxygen atoms in total. The van der Waals surface area contributed by atoms with Gasteiger partial charge in [-0.25, -0.2) is 0 Å². The van der Waals surface area contributed by atoms with Crippen molar-refractivity contribution in [1.82, 2.24) is 9.88 Å². The Labute approximate surface area is 170 Å². The zero-order chi connectivity index (χ0) is 20.2. The molecule has 4 heteroatoms. The van der Waals surface area contributed by atoms with E-state index < -0.39 is 0 Å². The highest BCUT2D eigenvalue weighted by Crippen LogP contribution is 2.35. The molecule has 1 heterocycles. The van der Waals surface area contributed by atoms with Crippen LogP contribution in [-0.2, 0) is 0 Å². The van der Waals surface area contributed by atoms with E-state index in [1.807, 2.05) is 84.8 Å². The predicted octanol–water partition coefficient (Wildman–Crippen LogP) is 5.43. The van der Waals surface area contributed by atoms with Crippen molar-refractivity contribution in [3.05, 3.63) is 102 Å². The van der Waals surface area contributed by atoms with Crippen molar-refractivity contribution in [3.8, 4) is 5.75 Å². The fraction of sp³-hybridized carbons (Fsp3) is 0.160. The van der Waals surface area contributed by atoms with Crippen LogP contribution in [0.15, 0.2) is 85.1 Å². The number of hydrogen-bond donors (Lipinski definition) is 1. The van der Waals surface area contributed by atoms with Gasteiger partial charge in [-0.15, -0.1) is 0 Å². The van der Waals surface area contributed by atoms with Crippen molar-refractivity contribution in [2.24, 2.45) is 0 Å². The van der Waals surface area contributed by atoms with Crippen LogP contribution in [0.5, 0.6) is 5.75 Å². The lowest BCUT2D eigenvalue weighted by atomic mass is 9.95. The third-order valence-corrected chi connectivity index (χ3v) is 5.28. The number of nitrogens with one attached hydrogen (secondary N) is 1. The van der Waals surface area contributed by atoms with Crippen LogP contribution in [0.3, 0.4) is 0 Å². The average molecular weight is 384 g/mol. The molecule has 4 rings (SSSR count). The van der Waals surface area contributed by atoms with Crippen LogP contribution in [0.4, 0.5) is 0 Å². The van der Waals surface area contributed by atoms with Gasteiger partial charge in [0.2, 0.25) is 0 Å². The van der Waals surface area contributed by atoms with Crippen molar-refractivity contribution in [1.29, 1.82) is 0 Å². The molecule has 0 bridgehead atoms. The van der Waals surface area contributed by atoms with E-state index in [1.165, 1.54) is 0 Å². The van der Waals surface area contributed by atoms with Gasteiger partial charge >= 0.3 is 0 Å². The molecule has 0 aliphatic carbocycles. The fourth-order valence-corrected chi connectivity index (χ4v) is 3.82. The molecule has 29 heavy (non-hydrogen) atoms. The number of carbonyl (C=O) groups excluding carboxylic acids is 1. The van der Waals surface area contributed by atoms with Gasteiger partial charge in [-0.2, -0.15) is 0 Å². The van der Waals surface area contributed by atoms with E-state index in [0.717, 1.165) is 27.8 Å². The molecule has 1 amide bonds. The summed E-state index contributed by atoms with van der Waals surface area (Å²) in [7, 11) is 1.66. The number of benzene rings is 3. The van der Waals surface area contributed by atoms with Crippen LogP contribution >= 0.6 is 0 Å². The summed E-state index contributed by atoms with van der Waals surface area (Å²) >= 11 is 0. The molecule has 0 radical (unpaired) electrons. The van der Waals surface area contributed by atoms with Crippen LogP contribution in [0.2, 0.25) is 0 Å². The maximum Gasteiger partial charge on any atom is 0.254 e. The number of para-hydroxylation sites is 1. The molecule has 4 aromatic rings. The number of rotatable bonds is 6. The Morgan fingerprint density at radius 1 is 0.966 bits per heavy atom.